The van der Waals surface area contributed by atoms with Gasteiger partial charge in [-0.05, 0) is 67.1 Å². The molecule has 0 aliphatic heterocycles. The molecule has 0 fully saturated rings. The van der Waals surface area contributed by atoms with Crippen LogP contribution in [0.3, 0.4) is 0 Å². The maximum atomic E-state index is 2.37. The quantitative estimate of drug-likeness (QED) is 0.770. The molecule has 13 heavy (non-hydrogen) atoms. The Balaban J connectivity index is 2.95. The van der Waals surface area contributed by atoms with Crippen LogP contribution in [-0.4, -0.2) is 13.1 Å². The molecule has 0 unspecified atom stereocenters. The molecule has 2 heteroatoms. The highest BCUT2D eigenvalue weighted by Gasteiger charge is 2.02. The second kappa shape index (κ2) is 4.84. The van der Waals surface area contributed by atoms with E-state index in [1.165, 1.54) is 14.8 Å². The molecular weight excluding hydrogens is 273 g/mol. The van der Waals surface area contributed by atoms with E-state index in [4.69, 9.17) is 0 Å². The number of benzene rings is 1. The van der Waals surface area contributed by atoms with Crippen LogP contribution in [0.4, 0.5) is 5.69 Å². The van der Waals surface area contributed by atoms with Gasteiger partial charge >= 0.3 is 0 Å². The fourth-order valence-electron chi connectivity index (χ4n) is 1.41. The van der Waals surface area contributed by atoms with Crippen molar-refractivity contribution in [3.63, 3.8) is 0 Å². The van der Waals surface area contributed by atoms with E-state index < -0.39 is 0 Å². The first-order valence-electron chi connectivity index (χ1n) is 4.70. The second-order valence-electron chi connectivity index (χ2n) is 3.11. The first-order valence-corrected chi connectivity index (χ1v) is 5.78. The average Bonchev–Trinajstić information content (AvgIpc) is 2.13. The summed E-state index contributed by atoms with van der Waals surface area (Å²) in [6.45, 7) is 8.70. The van der Waals surface area contributed by atoms with E-state index in [1.807, 2.05) is 0 Å². The molecule has 0 aliphatic rings. The molecule has 72 valence electrons. The Morgan fingerprint density at radius 2 is 1.85 bits per heavy atom. The van der Waals surface area contributed by atoms with Crippen molar-refractivity contribution in [3.8, 4) is 0 Å². The highest BCUT2D eigenvalue weighted by atomic mass is 127. The summed E-state index contributed by atoms with van der Waals surface area (Å²) in [7, 11) is 0. The van der Waals surface area contributed by atoms with Crippen molar-refractivity contribution >= 4 is 28.3 Å². The Morgan fingerprint density at radius 1 is 1.23 bits per heavy atom. The van der Waals surface area contributed by atoms with Gasteiger partial charge in [0.2, 0.25) is 0 Å². The summed E-state index contributed by atoms with van der Waals surface area (Å²) in [6.07, 6.45) is 0. The summed E-state index contributed by atoms with van der Waals surface area (Å²) in [5.41, 5.74) is 2.70. The minimum Gasteiger partial charge on any atom is -0.372 e. The van der Waals surface area contributed by atoms with Gasteiger partial charge in [-0.1, -0.05) is 0 Å². The number of hydrogen-bond acceptors (Lipinski definition) is 1. The molecule has 0 saturated heterocycles. The molecule has 1 aromatic rings. The van der Waals surface area contributed by atoms with E-state index in [-0.39, 0.29) is 0 Å². The van der Waals surface area contributed by atoms with Crippen LogP contribution < -0.4 is 4.90 Å². The number of rotatable bonds is 3. The van der Waals surface area contributed by atoms with E-state index in [0.29, 0.717) is 0 Å². The summed E-state index contributed by atoms with van der Waals surface area (Å²) in [5.74, 6) is 0. The Hall–Kier alpha value is -0.250. The summed E-state index contributed by atoms with van der Waals surface area (Å²) < 4.78 is 1.34. The van der Waals surface area contributed by atoms with Gasteiger partial charge in [0.05, 0.1) is 0 Å². The molecule has 0 spiro atoms. The van der Waals surface area contributed by atoms with Crippen LogP contribution in [0.15, 0.2) is 18.2 Å². The van der Waals surface area contributed by atoms with Crippen molar-refractivity contribution in [1.82, 2.24) is 0 Å². The van der Waals surface area contributed by atoms with Crippen LogP contribution >= 0.6 is 22.6 Å². The predicted molar refractivity (Wildman–Crippen MR) is 67.5 cm³/mol. The second-order valence-corrected chi connectivity index (χ2v) is 4.27. The highest BCUT2D eigenvalue weighted by molar-refractivity contribution is 14.1. The monoisotopic (exact) mass is 289 g/mol. The summed E-state index contributed by atoms with van der Waals surface area (Å²) in [6, 6.07) is 6.64. The fourth-order valence-corrected chi connectivity index (χ4v) is 1.75. The van der Waals surface area contributed by atoms with E-state index >= 15 is 0 Å². The molecular formula is C11H16IN. The topological polar surface area (TPSA) is 3.24 Å². The average molecular weight is 289 g/mol. The fraction of sp³-hybridized carbons (Fsp3) is 0.455. The smallest absolute Gasteiger partial charge is 0.0369 e. The molecule has 0 bridgehead atoms. The third kappa shape index (κ3) is 2.59. The molecule has 0 radical (unpaired) electrons. The van der Waals surface area contributed by atoms with Gasteiger partial charge in [0, 0.05) is 22.3 Å². The first kappa shape index (κ1) is 10.8. The SMILES string of the molecule is CCN(CC)c1ccc(I)c(C)c1. The Morgan fingerprint density at radius 3 is 2.31 bits per heavy atom. The van der Waals surface area contributed by atoms with Gasteiger partial charge in [0.1, 0.15) is 0 Å². The first-order chi connectivity index (χ1) is 6.19. The summed E-state index contributed by atoms with van der Waals surface area (Å²) in [4.78, 5) is 2.36. The van der Waals surface area contributed by atoms with Gasteiger partial charge in [-0.3, -0.25) is 0 Å². The van der Waals surface area contributed by atoms with Gasteiger partial charge < -0.3 is 4.90 Å². The van der Waals surface area contributed by atoms with Crippen molar-refractivity contribution in [2.24, 2.45) is 0 Å². The molecule has 0 aliphatic carbocycles. The minimum absolute atomic E-state index is 1.08. The van der Waals surface area contributed by atoms with E-state index in [9.17, 15) is 0 Å². The Bertz CT molecular complexity index is 279. The standard InChI is InChI=1S/C11H16IN/c1-4-13(5-2)10-6-7-11(12)9(3)8-10/h6-8H,4-5H2,1-3H3. The number of anilines is 1. The Labute approximate surface area is 94.3 Å². The van der Waals surface area contributed by atoms with Crippen LogP contribution in [-0.2, 0) is 0 Å². The maximum Gasteiger partial charge on any atom is 0.0369 e. The number of hydrogen-bond donors (Lipinski definition) is 0. The minimum atomic E-state index is 1.08. The largest absolute Gasteiger partial charge is 0.372 e. The van der Waals surface area contributed by atoms with E-state index in [1.54, 1.807) is 0 Å². The lowest BCUT2D eigenvalue weighted by atomic mass is 10.2. The van der Waals surface area contributed by atoms with Crippen molar-refractivity contribution in [3.05, 3.63) is 27.3 Å². The highest BCUT2D eigenvalue weighted by Crippen LogP contribution is 2.19. The lowest BCUT2D eigenvalue weighted by Crippen LogP contribution is -2.21. The Kier molecular flexibility index (Phi) is 4.03. The zero-order valence-corrected chi connectivity index (χ0v) is 10.6. The van der Waals surface area contributed by atoms with Gasteiger partial charge in [-0.15, -0.1) is 0 Å². The molecule has 1 rings (SSSR count). The number of nitrogens with zero attached hydrogens (tertiary/aromatic N) is 1. The van der Waals surface area contributed by atoms with Gasteiger partial charge in [-0.2, -0.15) is 0 Å². The van der Waals surface area contributed by atoms with Crippen LogP contribution in [0.2, 0.25) is 0 Å². The van der Waals surface area contributed by atoms with Crippen LogP contribution in [0.5, 0.6) is 0 Å². The molecule has 0 N–H and O–H groups in total. The molecule has 0 aromatic heterocycles. The van der Waals surface area contributed by atoms with E-state index in [2.05, 4.69) is 66.5 Å². The predicted octanol–water partition coefficient (Wildman–Crippen LogP) is 3.45. The normalized spacial score (nSPS) is 10.2. The maximum absolute atomic E-state index is 2.37. The third-order valence-corrected chi connectivity index (χ3v) is 3.48. The molecule has 0 amide bonds. The summed E-state index contributed by atoms with van der Waals surface area (Å²) >= 11 is 2.37. The van der Waals surface area contributed by atoms with Crippen LogP contribution in [0.25, 0.3) is 0 Å². The number of halogens is 1. The zero-order valence-electron chi connectivity index (χ0n) is 8.47. The molecule has 0 heterocycles. The lowest BCUT2D eigenvalue weighted by molar-refractivity contribution is 0.865. The molecule has 1 aromatic carbocycles. The molecule has 0 saturated carbocycles. The van der Waals surface area contributed by atoms with Crippen molar-refractivity contribution < 1.29 is 0 Å². The lowest BCUT2D eigenvalue weighted by Gasteiger charge is -2.21. The van der Waals surface area contributed by atoms with Crippen molar-refractivity contribution in [2.75, 3.05) is 18.0 Å². The van der Waals surface area contributed by atoms with Crippen LogP contribution in [0.1, 0.15) is 19.4 Å². The van der Waals surface area contributed by atoms with Crippen LogP contribution in [0, 0.1) is 10.5 Å². The van der Waals surface area contributed by atoms with Crippen molar-refractivity contribution in [1.29, 1.82) is 0 Å². The number of aryl methyl sites for hydroxylation is 1. The van der Waals surface area contributed by atoms with Gasteiger partial charge in [-0.25, -0.2) is 0 Å². The summed E-state index contributed by atoms with van der Waals surface area (Å²) in [5, 5.41) is 0. The third-order valence-electron chi connectivity index (χ3n) is 2.27. The molecule has 1 nitrogen and oxygen atoms in total. The van der Waals surface area contributed by atoms with Gasteiger partial charge in [0.15, 0.2) is 0 Å². The van der Waals surface area contributed by atoms with Crippen molar-refractivity contribution in [2.45, 2.75) is 20.8 Å². The van der Waals surface area contributed by atoms with E-state index in [0.717, 1.165) is 13.1 Å². The van der Waals surface area contributed by atoms with Gasteiger partial charge in [0.25, 0.3) is 0 Å². The molecule has 0 atom stereocenters. The zero-order chi connectivity index (χ0) is 9.84.